The summed E-state index contributed by atoms with van der Waals surface area (Å²) in [6.07, 6.45) is 1.50. The van der Waals surface area contributed by atoms with E-state index in [1.807, 2.05) is 48.5 Å². The smallest absolute Gasteiger partial charge is 0.283 e. The molecule has 0 aliphatic carbocycles. The number of benzene rings is 3. The Kier molecular flexibility index (Phi) is 7.15. The number of thiazole rings is 1. The molecule has 2 N–H and O–H groups in total. The van der Waals surface area contributed by atoms with Gasteiger partial charge in [-0.25, -0.2) is 18.4 Å². The summed E-state index contributed by atoms with van der Waals surface area (Å²) in [5.74, 6) is 0.907. The van der Waals surface area contributed by atoms with Gasteiger partial charge in [-0.05, 0) is 79.7 Å². The molecule has 0 aliphatic rings. The van der Waals surface area contributed by atoms with E-state index < -0.39 is 10.0 Å². The van der Waals surface area contributed by atoms with E-state index in [0.717, 1.165) is 15.8 Å². The third kappa shape index (κ3) is 5.32. The van der Waals surface area contributed by atoms with Crippen LogP contribution in [0.1, 0.15) is 12.5 Å². The van der Waals surface area contributed by atoms with Crippen LogP contribution in [-0.2, 0) is 10.0 Å². The number of aromatic nitrogens is 4. The number of aromatic amines is 1. The van der Waals surface area contributed by atoms with Crippen LogP contribution < -0.4 is 15.0 Å². The zero-order valence-corrected chi connectivity index (χ0v) is 24.1. The average Bonchev–Trinajstić information content (AvgIpc) is 3.58. The summed E-state index contributed by atoms with van der Waals surface area (Å²) < 4.78 is 35.7. The Morgan fingerprint density at radius 1 is 0.976 bits per heavy atom. The molecule has 0 amide bonds. The van der Waals surface area contributed by atoms with Crippen molar-refractivity contribution in [2.45, 2.75) is 11.8 Å². The number of aliphatic imine (C=N–C) groups is 1. The van der Waals surface area contributed by atoms with Crippen LogP contribution in [0, 0.1) is 0 Å². The van der Waals surface area contributed by atoms with Gasteiger partial charge in [-0.15, -0.1) is 0 Å². The Morgan fingerprint density at radius 3 is 2.40 bits per heavy atom. The van der Waals surface area contributed by atoms with Gasteiger partial charge in [0.25, 0.3) is 15.6 Å². The molecule has 0 atom stereocenters. The molecule has 210 valence electrons. The normalized spacial score (nSPS) is 12.0. The number of pyridine rings is 1. The van der Waals surface area contributed by atoms with Crippen LogP contribution in [0.25, 0.3) is 26.6 Å². The van der Waals surface area contributed by atoms with Gasteiger partial charge in [0.2, 0.25) is 5.13 Å². The van der Waals surface area contributed by atoms with Crippen molar-refractivity contribution < 1.29 is 13.2 Å². The Morgan fingerprint density at radius 2 is 1.71 bits per heavy atom. The number of H-pyrrole nitrogens is 1. The number of nitrogens with one attached hydrogen (secondary N) is 2. The standard InChI is InChI=1S/C30H24N6O4S2/c1-19(32-21-12-16-23(17-13-21)42(38,39)35-26-9-5-6-18-31-26)27-28(20-10-14-22(40-2)15-11-20)34-36(29(27)37)30-33-24-7-3-4-8-25(24)41-30/h3-18,34H,1-2H3,(H,31,35). The second kappa shape index (κ2) is 11.1. The largest absolute Gasteiger partial charge is 0.497 e. The fourth-order valence-electron chi connectivity index (χ4n) is 4.40. The number of anilines is 1. The Labute approximate surface area is 245 Å². The molecule has 0 saturated heterocycles. The van der Waals surface area contributed by atoms with Crippen molar-refractivity contribution in [3.05, 3.63) is 113 Å². The molecule has 42 heavy (non-hydrogen) atoms. The zero-order valence-electron chi connectivity index (χ0n) is 22.5. The molecule has 10 nitrogen and oxygen atoms in total. The molecule has 3 aromatic heterocycles. The van der Waals surface area contributed by atoms with Crippen molar-refractivity contribution in [2.24, 2.45) is 4.99 Å². The highest BCUT2D eigenvalue weighted by Crippen LogP contribution is 2.28. The molecule has 0 spiro atoms. The van der Waals surface area contributed by atoms with Crippen LogP contribution in [0.5, 0.6) is 5.75 Å². The number of hydrogen-bond acceptors (Lipinski definition) is 8. The van der Waals surface area contributed by atoms with E-state index in [2.05, 4.69) is 24.8 Å². The first-order valence-electron chi connectivity index (χ1n) is 12.8. The number of fused-ring (bicyclic) bond motifs is 1. The fraction of sp³-hybridized carbons (Fsp3) is 0.0667. The maximum Gasteiger partial charge on any atom is 0.283 e. The number of ether oxygens (including phenoxy) is 1. The van der Waals surface area contributed by atoms with Gasteiger partial charge < -0.3 is 4.74 Å². The molecule has 3 heterocycles. The maximum absolute atomic E-state index is 13.9. The Balaban J connectivity index is 1.39. The molecule has 0 fully saturated rings. The van der Waals surface area contributed by atoms with Gasteiger partial charge in [0.05, 0.1) is 44.9 Å². The predicted molar refractivity (Wildman–Crippen MR) is 165 cm³/mol. The van der Waals surface area contributed by atoms with E-state index >= 15 is 0 Å². The average molecular weight is 597 g/mol. The molecular weight excluding hydrogens is 573 g/mol. The Hall–Kier alpha value is -5.07. The van der Waals surface area contributed by atoms with E-state index in [0.29, 0.717) is 33.5 Å². The molecule has 0 aliphatic heterocycles. The molecule has 6 rings (SSSR count). The molecule has 0 bridgehead atoms. The molecule has 0 unspecified atom stereocenters. The first-order valence-corrected chi connectivity index (χ1v) is 15.1. The van der Waals surface area contributed by atoms with E-state index in [1.165, 1.54) is 34.3 Å². The number of nitrogens with zero attached hydrogens (tertiary/aromatic N) is 4. The minimum atomic E-state index is -3.84. The number of sulfonamides is 1. The van der Waals surface area contributed by atoms with Crippen LogP contribution in [0.15, 0.2) is 112 Å². The topological polar surface area (TPSA) is 131 Å². The highest BCUT2D eigenvalue weighted by Gasteiger charge is 2.21. The van der Waals surface area contributed by atoms with Crippen LogP contribution in [0.2, 0.25) is 0 Å². The van der Waals surface area contributed by atoms with Gasteiger partial charge in [-0.3, -0.25) is 19.6 Å². The van der Waals surface area contributed by atoms with Crippen LogP contribution in [-0.4, -0.2) is 41.0 Å². The Bertz CT molecular complexity index is 2050. The third-order valence-corrected chi connectivity index (χ3v) is 8.84. The maximum atomic E-state index is 13.9. The SMILES string of the molecule is COc1ccc(-c2[nH]n(-c3nc4ccccc4s3)c(=O)c2C(C)=Nc2ccc(S(=O)(=O)Nc3ccccn3)cc2)cc1. The molecular formula is C30H24N6O4S2. The third-order valence-electron chi connectivity index (χ3n) is 6.45. The minimum Gasteiger partial charge on any atom is -0.497 e. The molecule has 3 aromatic carbocycles. The molecule has 0 radical (unpaired) electrons. The van der Waals surface area contributed by atoms with E-state index in [-0.39, 0.29) is 16.3 Å². The van der Waals surface area contributed by atoms with Crippen molar-refractivity contribution in [2.75, 3.05) is 11.8 Å². The lowest BCUT2D eigenvalue weighted by atomic mass is 10.0. The number of methoxy groups -OCH3 is 1. The second-order valence-electron chi connectivity index (χ2n) is 9.21. The lowest BCUT2D eigenvalue weighted by Crippen LogP contribution is -2.19. The summed E-state index contributed by atoms with van der Waals surface area (Å²) >= 11 is 1.40. The molecule has 12 heteroatoms. The molecule has 0 saturated carbocycles. The van der Waals surface area contributed by atoms with E-state index in [9.17, 15) is 13.2 Å². The van der Waals surface area contributed by atoms with Crippen molar-refractivity contribution >= 4 is 48.8 Å². The number of para-hydroxylation sites is 1. The van der Waals surface area contributed by atoms with Crippen LogP contribution >= 0.6 is 11.3 Å². The minimum absolute atomic E-state index is 0.0588. The summed E-state index contributed by atoms with van der Waals surface area (Å²) in [5.41, 5.74) is 3.12. The van der Waals surface area contributed by atoms with Crippen LogP contribution in [0.4, 0.5) is 11.5 Å². The van der Waals surface area contributed by atoms with Gasteiger partial charge in [0.1, 0.15) is 11.6 Å². The zero-order chi connectivity index (χ0) is 29.3. The monoisotopic (exact) mass is 596 g/mol. The van der Waals surface area contributed by atoms with E-state index in [1.54, 1.807) is 44.4 Å². The van der Waals surface area contributed by atoms with Crippen molar-refractivity contribution in [3.8, 4) is 22.1 Å². The summed E-state index contributed by atoms with van der Waals surface area (Å²) in [5, 5.41) is 3.74. The van der Waals surface area contributed by atoms with Gasteiger partial charge in [-0.1, -0.05) is 29.5 Å². The summed E-state index contributed by atoms with van der Waals surface area (Å²) in [6, 6.07) is 26.1. The second-order valence-corrected chi connectivity index (χ2v) is 11.9. The van der Waals surface area contributed by atoms with Crippen molar-refractivity contribution in [1.82, 2.24) is 19.7 Å². The van der Waals surface area contributed by atoms with Crippen molar-refractivity contribution in [3.63, 3.8) is 0 Å². The highest BCUT2D eigenvalue weighted by molar-refractivity contribution is 7.92. The molecule has 6 aromatic rings. The number of hydrogen-bond donors (Lipinski definition) is 2. The quantitative estimate of drug-likeness (QED) is 0.214. The predicted octanol–water partition coefficient (Wildman–Crippen LogP) is 5.79. The highest BCUT2D eigenvalue weighted by atomic mass is 32.2. The lowest BCUT2D eigenvalue weighted by molar-refractivity contribution is 0.415. The van der Waals surface area contributed by atoms with Gasteiger partial charge in [0, 0.05) is 11.8 Å². The first-order chi connectivity index (χ1) is 20.3. The van der Waals surface area contributed by atoms with E-state index in [4.69, 9.17) is 4.74 Å². The summed E-state index contributed by atoms with van der Waals surface area (Å²) in [4.78, 5) is 27.3. The van der Waals surface area contributed by atoms with Crippen LogP contribution in [0.3, 0.4) is 0 Å². The van der Waals surface area contributed by atoms with Gasteiger partial charge in [-0.2, -0.15) is 4.68 Å². The van der Waals surface area contributed by atoms with Crippen molar-refractivity contribution in [1.29, 1.82) is 0 Å². The van der Waals surface area contributed by atoms with Gasteiger partial charge in [0.15, 0.2) is 0 Å². The first kappa shape index (κ1) is 27.1. The fourth-order valence-corrected chi connectivity index (χ4v) is 6.33. The van der Waals surface area contributed by atoms with Gasteiger partial charge >= 0.3 is 0 Å². The number of rotatable bonds is 8. The summed E-state index contributed by atoms with van der Waals surface area (Å²) in [6.45, 7) is 1.74. The lowest BCUT2D eigenvalue weighted by Gasteiger charge is -2.07. The summed E-state index contributed by atoms with van der Waals surface area (Å²) in [7, 11) is -2.25.